The van der Waals surface area contributed by atoms with Gasteiger partial charge in [0.2, 0.25) is 5.95 Å². The van der Waals surface area contributed by atoms with Crippen molar-refractivity contribution in [1.82, 2.24) is 19.3 Å². The second kappa shape index (κ2) is 4.75. The Bertz CT molecular complexity index is 624. The summed E-state index contributed by atoms with van der Waals surface area (Å²) in [5.41, 5.74) is 8.58. The molecule has 0 amide bonds. The van der Waals surface area contributed by atoms with E-state index in [1.54, 1.807) is 7.11 Å². The average molecular weight is 279 g/mol. The molecule has 1 aliphatic heterocycles. The van der Waals surface area contributed by atoms with E-state index in [9.17, 15) is 0 Å². The predicted octanol–water partition coefficient (Wildman–Crippen LogP) is 0.720. The molecule has 0 bridgehead atoms. The summed E-state index contributed by atoms with van der Waals surface area (Å²) in [7, 11) is 3.64. The minimum absolute atomic E-state index is 0.321. The van der Waals surface area contributed by atoms with Gasteiger partial charge in [-0.15, -0.1) is 0 Å². The third kappa shape index (κ3) is 1.89. The number of rotatable bonds is 4. The summed E-state index contributed by atoms with van der Waals surface area (Å²) >= 11 is 0. The highest BCUT2D eigenvalue weighted by atomic mass is 16.5. The number of aryl methyl sites for hydroxylation is 2. The van der Waals surface area contributed by atoms with Crippen LogP contribution >= 0.6 is 0 Å². The van der Waals surface area contributed by atoms with Crippen LogP contribution in [0.5, 0.6) is 0 Å². The molecule has 7 nitrogen and oxygen atoms in total. The van der Waals surface area contributed by atoms with Crippen LogP contribution in [0, 0.1) is 0 Å². The van der Waals surface area contributed by atoms with Crippen LogP contribution in [0.25, 0.3) is 11.2 Å². The fraction of sp³-hybridized carbons (Fsp3) is 0.692. The van der Waals surface area contributed by atoms with Crippen LogP contribution in [0.15, 0.2) is 0 Å². The van der Waals surface area contributed by atoms with Gasteiger partial charge in [0.05, 0.1) is 18.8 Å². The van der Waals surface area contributed by atoms with Crippen LogP contribution in [-0.4, -0.2) is 45.3 Å². The highest BCUT2D eigenvalue weighted by molar-refractivity contribution is 5.77. The Labute approximate surface area is 117 Å². The van der Waals surface area contributed by atoms with Gasteiger partial charge >= 0.3 is 0 Å². The maximum atomic E-state index is 6.10. The zero-order chi connectivity index (χ0) is 14.3. The summed E-state index contributed by atoms with van der Waals surface area (Å²) in [5.74, 6) is 0.506. The van der Waals surface area contributed by atoms with Crippen molar-refractivity contribution in [2.24, 2.45) is 7.05 Å². The van der Waals surface area contributed by atoms with E-state index in [0.29, 0.717) is 19.1 Å². The van der Waals surface area contributed by atoms with Gasteiger partial charge in [-0.1, -0.05) is 6.92 Å². The number of ether oxygens (including phenoxy) is 2. The maximum Gasteiger partial charge on any atom is 0.202 e. The Morgan fingerprint density at radius 3 is 2.90 bits per heavy atom. The Hall–Kier alpha value is -1.60. The Kier molecular flexibility index (Phi) is 3.18. The molecular formula is C13H21N5O2. The summed E-state index contributed by atoms with van der Waals surface area (Å²) in [6.07, 6.45) is 1.70. The second-order valence-corrected chi connectivity index (χ2v) is 5.34. The summed E-state index contributed by atoms with van der Waals surface area (Å²) in [5, 5.41) is 4.50. The molecule has 3 rings (SSSR count). The lowest BCUT2D eigenvalue weighted by atomic mass is 10.0. The van der Waals surface area contributed by atoms with Crippen LogP contribution < -0.4 is 5.73 Å². The molecule has 20 heavy (non-hydrogen) atoms. The van der Waals surface area contributed by atoms with E-state index in [4.69, 9.17) is 15.2 Å². The van der Waals surface area contributed by atoms with Crippen LogP contribution in [0.1, 0.15) is 19.0 Å². The van der Waals surface area contributed by atoms with Crippen molar-refractivity contribution in [3.63, 3.8) is 0 Å². The van der Waals surface area contributed by atoms with Gasteiger partial charge in [0.25, 0.3) is 0 Å². The Balaban J connectivity index is 2.07. The van der Waals surface area contributed by atoms with Gasteiger partial charge in [-0.05, 0) is 6.42 Å². The molecule has 3 heterocycles. The Morgan fingerprint density at radius 2 is 2.30 bits per heavy atom. The highest BCUT2D eigenvalue weighted by Gasteiger charge is 2.37. The van der Waals surface area contributed by atoms with Gasteiger partial charge in [0.1, 0.15) is 11.1 Å². The van der Waals surface area contributed by atoms with Crippen molar-refractivity contribution in [2.75, 3.05) is 26.1 Å². The number of methoxy groups -OCH3 is 1. The molecule has 1 unspecified atom stereocenters. The van der Waals surface area contributed by atoms with Crippen molar-refractivity contribution >= 4 is 17.1 Å². The molecule has 1 saturated heterocycles. The summed E-state index contributed by atoms with van der Waals surface area (Å²) < 4.78 is 15.0. The second-order valence-electron chi connectivity index (χ2n) is 5.34. The van der Waals surface area contributed by atoms with Crippen molar-refractivity contribution < 1.29 is 9.47 Å². The normalized spacial score (nSPS) is 22.9. The van der Waals surface area contributed by atoms with Crippen molar-refractivity contribution in [1.29, 1.82) is 0 Å². The van der Waals surface area contributed by atoms with Crippen LogP contribution in [0.3, 0.4) is 0 Å². The molecule has 2 N–H and O–H groups in total. The van der Waals surface area contributed by atoms with E-state index < -0.39 is 0 Å². The smallest absolute Gasteiger partial charge is 0.202 e. The number of nitrogens with zero attached hydrogens (tertiary/aromatic N) is 4. The molecular weight excluding hydrogens is 258 g/mol. The first-order valence-corrected chi connectivity index (χ1v) is 6.90. The van der Waals surface area contributed by atoms with Gasteiger partial charge in [0.15, 0.2) is 5.65 Å². The van der Waals surface area contributed by atoms with E-state index in [2.05, 4.69) is 17.0 Å². The van der Waals surface area contributed by atoms with Crippen LogP contribution in [0.4, 0.5) is 5.95 Å². The molecule has 110 valence electrons. The van der Waals surface area contributed by atoms with Gasteiger partial charge in [-0.25, -0.2) is 4.98 Å². The number of hydrogen-bond acceptors (Lipinski definition) is 5. The van der Waals surface area contributed by atoms with Crippen molar-refractivity contribution in [3.05, 3.63) is 5.69 Å². The van der Waals surface area contributed by atoms with Crippen molar-refractivity contribution in [2.45, 2.75) is 31.9 Å². The summed E-state index contributed by atoms with van der Waals surface area (Å²) in [4.78, 5) is 4.47. The molecule has 0 aromatic carbocycles. The molecule has 0 spiro atoms. The molecule has 7 heteroatoms. The first-order chi connectivity index (χ1) is 9.60. The fourth-order valence-electron chi connectivity index (χ4n) is 2.88. The molecule has 2 aromatic rings. The van der Waals surface area contributed by atoms with Crippen molar-refractivity contribution in [3.8, 4) is 0 Å². The first kappa shape index (κ1) is 13.4. The monoisotopic (exact) mass is 279 g/mol. The lowest BCUT2D eigenvalue weighted by Crippen LogP contribution is -2.37. The standard InChI is InChI=1S/C13H21N5O2/c1-4-9-10-11(17(2)16-9)18(12(14)15-10)7-13(19-3)5-6-20-8-13/h4-8H2,1-3H3,(H2,14,15). The van der Waals surface area contributed by atoms with Crippen LogP contribution in [-0.2, 0) is 29.5 Å². The summed E-state index contributed by atoms with van der Waals surface area (Å²) in [6, 6.07) is 0. The Morgan fingerprint density at radius 1 is 1.50 bits per heavy atom. The quantitative estimate of drug-likeness (QED) is 0.892. The first-order valence-electron chi connectivity index (χ1n) is 6.90. The summed E-state index contributed by atoms with van der Waals surface area (Å²) in [6.45, 7) is 4.01. The number of aromatic nitrogens is 4. The molecule has 2 aromatic heterocycles. The molecule has 1 atom stereocenters. The number of hydrogen-bond donors (Lipinski definition) is 1. The van der Waals surface area contributed by atoms with E-state index in [-0.39, 0.29) is 5.60 Å². The largest absolute Gasteiger partial charge is 0.378 e. The number of imidazole rings is 1. The lowest BCUT2D eigenvalue weighted by molar-refractivity contribution is -0.0285. The number of fused-ring (bicyclic) bond motifs is 1. The van der Waals surface area contributed by atoms with Gasteiger partial charge in [-0.2, -0.15) is 5.10 Å². The van der Waals surface area contributed by atoms with E-state index >= 15 is 0 Å². The molecule has 0 saturated carbocycles. The molecule has 0 aliphatic carbocycles. The minimum Gasteiger partial charge on any atom is -0.378 e. The highest BCUT2D eigenvalue weighted by Crippen LogP contribution is 2.29. The molecule has 1 aliphatic rings. The number of nitrogens with two attached hydrogens (primary N) is 1. The van der Waals surface area contributed by atoms with Gasteiger partial charge in [-0.3, -0.25) is 9.25 Å². The van der Waals surface area contributed by atoms with E-state index in [1.807, 2.05) is 16.3 Å². The lowest BCUT2D eigenvalue weighted by Gasteiger charge is -2.26. The molecule has 1 fully saturated rings. The third-order valence-corrected chi connectivity index (χ3v) is 4.10. The average Bonchev–Trinajstić information content (AvgIpc) is 3.10. The van der Waals surface area contributed by atoms with Crippen LogP contribution in [0.2, 0.25) is 0 Å². The van der Waals surface area contributed by atoms with E-state index in [0.717, 1.165) is 36.3 Å². The third-order valence-electron chi connectivity index (χ3n) is 4.10. The fourth-order valence-corrected chi connectivity index (χ4v) is 2.88. The van der Waals surface area contributed by atoms with Gasteiger partial charge < -0.3 is 15.2 Å². The van der Waals surface area contributed by atoms with Gasteiger partial charge in [0, 0.05) is 27.2 Å². The zero-order valence-corrected chi connectivity index (χ0v) is 12.2. The topological polar surface area (TPSA) is 80.1 Å². The zero-order valence-electron chi connectivity index (χ0n) is 12.2. The minimum atomic E-state index is -0.321. The number of anilines is 1. The SMILES string of the molecule is CCc1nn(C)c2c1nc(N)n2CC1(OC)CCOC1. The maximum absolute atomic E-state index is 6.10. The van der Waals surface area contributed by atoms with E-state index in [1.165, 1.54) is 0 Å². The predicted molar refractivity (Wildman–Crippen MR) is 75.5 cm³/mol. The molecule has 0 radical (unpaired) electrons. The number of nitrogen functional groups attached to an aromatic ring is 1.